The van der Waals surface area contributed by atoms with E-state index in [1.807, 2.05) is 13.8 Å². The summed E-state index contributed by atoms with van der Waals surface area (Å²) in [4.78, 5) is 23.7. The summed E-state index contributed by atoms with van der Waals surface area (Å²) in [5.74, 6) is 0.115. The van der Waals surface area contributed by atoms with Gasteiger partial charge >= 0.3 is 5.97 Å². The highest BCUT2D eigenvalue weighted by molar-refractivity contribution is 5.84. The van der Waals surface area contributed by atoms with E-state index in [1.54, 1.807) is 0 Å². The van der Waals surface area contributed by atoms with E-state index < -0.39 is 34.6 Å². The van der Waals surface area contributed by atoms with Crippen LogP contribution in [0.3, 0.4) is 0 Å². The average molecular weight is 447 g/mol. The molecule has 2 saturated carbocycles. The van der Waals surface area contributed by atoms with E-state index in [0.29, 0.717) is 36.0 Å². The van der Waals surface area contributed by atoms with Crippen molar-refractivity contribution in [1.82, 2.24) is 0 Å². The zero-order valence-corrected chi connectivity index (χ0v) is 19.5. The molecule has 1 aromatic rings. The maximum atomic E-state index is 11.9. The van der Waals surface area contributed by atoms with Gasteiger partial charge in [0.05, 0.1) is 18.3 Å². The zero-order valence-electron chi connectivity index (χ0n) is 19.5. The lowest BCUT2D eigenvalue weighted by molar-refractivity contribution is -0.246. The van der Waals surface area contributed by atoms with E-state index in [-0.39, 0.29) is 29.8 Å². The largest absolute Gasteiger partial charge is 0.508 e. The van der Waals surface area contributed by atoms with E-state index in [1.165, 1.54) is 13.0 Å². The molecule has 0 saturated heterocycles. The highest BCUT2D eigenvalue weighted by Gasteiger charge is 2.69. The van der Waals surface area contributed by atoms with Crippen molar-refractivity contribution >= 4 is 12.3 Å². The molecule has 7 heteroatoms. The van der Waals surface area contributed by atoms with Gasteiger partial charge in [-0.1, -0.05) is 27.7 Å². The minimum atomic E-state index is -0.864. The van der Waals surface area contributed by atoms with Crippen LogP contribution < -0.4 is 4.74 Å². The molecule has 0 amide bonds. The summed E-state index contributed by atoms with van der Waals surface area (Å²) in [5.41, 5.74) is -0.584. The summed E-state index contributed by atoms with van der Waals surface area (Å²) >= 11 is 0. The van der Waals surface area contributed by atoms with Crippen LogP contribution in [0.15, 0.2) is 6.07 Å². The number of benzene rings is 1. The van der Waals surface area contributed by atoms with Gasteiger partial charge in [-0.2, -0.15) is 0 Å². The van der Waals surface area contributed by atoms with Gasteiger partial charge in [0.2, 0.25) is 0 Å². The van der Waals surface area contributed by atoms with E-state index in [2.05, 4.69) is 13.8 Å². The highest BCUT2D eigenvalue weighted by Crippen LogP contribution is 2.67. The third-order valence-electron chi connectivity index (χ3n) is 8.82. The Morgan fingerprint density at radius 2 is 2.00 bits per heavy atom. The fourth-order valence-electron chi connectivity index (χ4n) is 7.36. The first-order chi connectivity index (χ1) is 14.9. The summed E-state index contributed by atoms with van der Waals surface area (Å²) in [5, 5.41) is 31.6. The molecule has 7 nitrogen and oxygen atoms in total. The number of aliphatic hydroxyl groups excluding tert-OH is 2. The second-order valence-corrected chi connectivity index (χ2v) is 10.8. The highest BCUT2D eigenvalue weighted by atomic mass is 16.6. The molecule has 1 aliphatic heterocycles. The Balaban J connectivity index is 1.84. The van der Waals surface area contributed by atoms with Crippen molar-refractivity contribution < 1.29 is 34.4 Å². The van der Waals surface area contributed by atoms with Crippen molar-refractivity contribution in [3.05, 3.63) is 22.8 Å². The van der Waals surface area contributed by atoms with Gasteiger partial charge in [-0.25, -0.2) is 0 Å². The number of fused-ring (bicyclic) bond motifs is 3. The Labute approximate surface area is 188 Å². The predicted molar refractivity (Wildman–Crippen MR) is 116 cm³/mol. The van der Waals surface area contributed by atoms with Gasteiger partial charge in [-0.3, -0.25) is 9.59 Å². The van der Waals surface area contributed by atoms with Crippen molar-refractivity contribution in [2.75, 3.05) is 0 Å². The van der Waals surface area contributed by atoms with Crippen LogP contribution in [0.4, 0.5) is 0 Å². The zero-order chi connectivity index (χ0) is 23.6. The van der Waals surface area contributed by atoms with Crippen LogP contribution >= 0.6 is 0 Å². The molecule has 0 radical (unpaired) electrons. The molecule has 0 bridgehead atoms. The number of carbonyl (C=O) groups excluding carboxylic acids is 2. The van der Waals surface area contributed by atoms with Crippen LogP contribution in [0.5, 0.6) is 11.5 Å². The Hall–Kier alpha value is -2.12. The van der Waals surface area contributed by atoms with Crippen molar-refractivity contribution in [3.8, 4) is 11.5 Å². The summed E-state index contributed by atoms with van der Waals surface area (Å²) in [6, 6.07) is 1.44. The summed E-state index contributed by atoms with van der Waals surface area (Å²) in [6.07, 6.45) is 1.74. The third-order valence-corrected chi connectivity index (χ3v) is 8.82. The van der Waals surface area contributed by atoms with Crippen LogP contribution in [0.1, 0.15) is 75.4 Å². The van der Waals surface area contributed by atoms with Crippen molar-refractivity contribution in [1.29, 1.82) is 0 Å². The second kappa shape index (κ2) is 7.45. The lowest BCUT2D eigenvalue weighted by atomic mass is 9.43. The van der Waals surface area contributed by atoms with Gasteiger partial charge in [-0.05, 0) is 42.7 Å². The molecule has 3 aliphatic rings. The molecular weight excluding hydrogens is 412 g/mol. The van der Waals surface area contributed by atoms with E-state index in [9.17, 15) is 24.9 Å². The van der Waals surface area contributed by atoms with Gasteiger partial charge in [0.1, 0.15) is 23.2 Å². The summed E-state index contributed by atoms with van der Waals surface area (Å²) in [6.45, 7) is 9.30. The number of aromatic hydroxyl groups is 1. The van der Waals surface area contributed by atoms with Crippen LogP contribution in [0, 0.1) is 22.7 Å². The predicted octanol–water partition coefficient (Wildman–Crippen LogP) is 3.15. The van der Waals surface area contributed by atoms with Crippen LogP contribution in [-0.2, 0) is 22.6 Å². The standard InChI is InChI=1S/C25H34O7/c1-13-6-7-20-23(3,4)22(31-14(2)28)19(30)10-24(20,5)25(13)9-16-18(29)8-15(11-26)17(12-27)21(16)32-25/h8,12-13,19-20,22,26,29-30H,6-7,9-11H2,1-5H3. The Kier molecular flexibility index (Phi) is 5.37. The second-order valence-electron chi connectivity index (χ2n) is 10.8. The quantitative estimate of drug-likeness (QED) is 0.483. The van der Waals surface area contributed by atoms with E-state index >= 15 is 0 Å². The van der Waals surface area contributed by atoms with E-state index in [4.69, 9.17) is 9.47 Å². The molecule has 1 heterocycles. The number of esters is 1. The third kappa shape index (κ3) is 2.93. The maximum Gasteiger partial charge on any atom is 0.303 e. The Morgan fingerprint density at radius 3 is 2.59 bits per heavy atom. The summed E-state index contributed by atoms with van der Waals surface area (Å²) < 4.78 is 12.3. The van der Waals surface area contributed by atoms with Crippen molar-refractivity contribution in [2.24, 2.45) is 22.7 Å². The normalized spacial score (nSPS) is 37.3. The molecule has 6 atom stereocenters. The lowest BCUT2D eigenvalue weighted by Gasteiger charge is -2.65. The monoisotopic (exact) mass is 446 g/mol. The van der Waals surface area contributed by atoms with Crippen molar-refractivity contribution in [2.45, 2.75) is 84.7 Å². The number of aldehydes is 1. The molecule has 6 unspecified atom stereocenters. The summed E-state index contributed by atoms with van der Waals surface area (Å²) in [7, 11) is 0. The topological polar surface area (TPSA) is 113 Å². The number of ether oxygens (including phenoxy) is 2. The number of hydrogen-bond acceptors (Lipinski definition) is 7. The molecule has 32 heavy (non-hydrogen) atoms. The minimum Gasteiger partial charge on any atom is -0.508 e. The molecule has 1 spiro atoms. The maximum absolute atomic E-state index is 11.9. The van der Waals surface area contributed by atoms with Gasteiger partial charge in [-0.15, -0.1) is 0 Å². The molecule has 0 aromatic heterocycles. The number of aliphatic hydroxyl groups is 2. The number of rotatable bonds is 3. The SMILES string of the molecule is CC(=O)OC1C(O)CC2(C)C(CCC(C)C23Cc2c(O)cc(CO)c(C=O)c2O3)C1(C)C. The average Bonchev–Trinajstić information content (AvgIpc) is 3.12. The molecule has 2 aliphatic carbocycles. The van der Waals surface area contributed by atoms with E-state index in [0.717, 1.165) is 12.8 Å². The number of phenolic OH excluding ortho intramolecular Hbond substituents is 1. The smallest absolute Gasteiger partial charge is 0.303 e. The minimum absolute atomic E-state index is 0.0119. The van der Waals surface area contributed by atoms with Crippen LogP contribution in [0.2, 0.25) is 0 Å². The molecule has 3 N–H and O–H groups in total. The van der Waals surface area contributed by atoms with Gasteiger partial charge in [0.25, 0.3) is 0 Å². The Morgan fingerprint density at radius 1 is 1.31 bits per heavy atom. The van der Waals surface area contributed by atoms with Gasteiger partial charge in [0.15, 0.2) is 6.29 Å². The molecule has 1 aromatic carbocycles. The fraction of sp³-hybridized carbons (Fsp3) is 0.680. The molecule has 4 rings (SSSR count). The van der Waals surface area contributed by atoms with Crippen LogP contribution in [0.25, 0.3) is 0 Å². The lowest BCUT2D eigenvalue weighted by Crippen LogP contribution is -2.69. The number of phenols is 1. The fourth-order valence-corrected chi connectivity index (χ4v) is 7.36. The first kappa shape index (κ1) is 23.1. The molecule has 2 fully saturated rings. The van der Waals surface area contributed by atoms with Gasteiger partial charge < -0.3 is 24.8 Å². The number of hydrogen-bond donors (Lipinski definition) is 3. The van der Waals surface area contributed by atoms with Crippen LogP contribution in [-0.4, -0.2) is 45.4 Å². The first-order valence-electron chi connectivity index (χ1n) is 11.4. The first-order valence-corrected chi connectivity index (χ1v) is 11.4. The number of carbonyl (C=O) groups is 2. The molecular formula is C25H34O7. The van der Waals surface area contributed by atoms with Crippen molar-refractivity contribution in [3.63, 3.8) is 0 Å². The Bertz CT molecular complexity index is 954. The molecule has 176 valence electrons. The van der Waals surface area contributed by atoms with Gasteiger partial charge in [0, 0.05) is 29.7 Å².